The monoisotopic (exact) mass is 358 g/mol. The number of anilines is 1. The lowest BCUT2D eigenvalue weighted by Gasteiger charge is -2.11. The van der Waals surface area contributed by atoms with Crippen LogP contribution in [0.4, 0.5) is 5.69 Å². The first-order valence-electron chi connectivity index (χ1n) is 8.69. The van der Waals surface area contributed by atoms with Crippen LogP contribution >= 0.6 is 0 Å². The Hall–Kier alpha value is -2.44. The molecule has 132 valence electrons. The summed E-state index contributed by atoms with van der Waals surface area (Å²) in [6.45, 7) is 4.13. The molecule has 1 aromatic heterocycles. The van der Waals surface area contributed by atoms with Crippen molar-refractivity contribution in [2.75, 3.05) is 4.72 Å². The van der Waals surface area contributed by atoms with E-state index in [1.807, 2.05) is 16.8 Å². The van der Waals surface area contributed by atoms with Crippen molar-refractivity contribution in [3.05, 3.63) is 65.9 Å². The smallest absolute Gasteiger partial charge is 0.0743 e. The van der Waals surface area contributed by atoms with Gasteiger partial charge in [0.15, 0.2) is 0 Å². The summed E-state index contributed by atoms with van der Waals surface area (Å²) in [5.74, 6) is 0. The summed E-state index contributed by atoms with van der Waals surface area (Å²) in [6, 6.07) is 17.5. The van der Waals surface area contributed by atoms with Gasteiger partial charge in [-0.1, -0.05) is 44.2 Å². The summed E-state index contributed by atoms with van der Waals surface area (Å²) in [7, 11) is 1.25. The highest BCUT2D eigenvalue weighted by Crippen LogP contribution is 2.25. The third kappa shape index (κ3) is 4.35. The van der Waals surface area contributed by atoms with Crippen molar-refractivity contribution in [3.63, 3.8) is 0 Å². The van der Waals surface area contributed by atoms with Crippen LogP contribution in [0.25, 0.3) is 16.9 Å². The molecule has 0 aliphatic carbocycles. The number of aromatic nitrogens is 2. The Labute approximate surface area is 152 Å². The molecule has 0 aliphatic heterocycles. The van der Waals surface area contributed by atoms with Crippen molar-refractivity contribution in [2.24, 2.45) is 0 Å². The molecule has 0 spiro atoms. The first kappa shape index (κ1) is 17.4. The summed E-state index contributed by atoms with van der Waals surface area (Å²) in [5, 5.41) is 4.66. The minimum absolute atomic E-state index is 0.520. The van der Waals surface area contributed by atoms with Gasteiger partial charge in [-0.3, -0.25) is 4.21 Å². The van der Waals surface area contributed by atoms with Gasteiger partial charge in [-0.2, -0.15) is 5.10 Å². The van der Waals surface area contributed by atoms with Gasteiger partial charge in [-0.05, 0) is 43.7 Å². The lowest BCUT2D eigenvalue weighted by Crippen LogP contribution is -2.03. The number of hydrogen-bond acceptors (Lipinski definition) is 3. The minimum atomic E-state index is -2.32. The Morgan fingerprint density at radius 3 is 2.40 bits per heavy atom. The highest BCUT2D eigenvalue weighted by Gasteiger charge is 2.11. The molecule has 25 heavy (non-hydrogen) atoms. The molecule has 0 amide bonds. The topological polar surface area (TPSA) is 70.0 Å². The van der Waals surface area contributed by atoms with Crippen LogP contribution in [0.3, 0.4) is 0 Å². The molecule has 0 saturated carbocycles. The molecule has 0 fully saturated rings. The average Bonchev–Trinajstić information content (AvgIpc) is 3.09. The zero-order valence-corrected chi connectivity index (χ0v) is 15.3. The van der Waals surface area contributed by atoms with Gasteiger partial charge >= 0.3 is 0 Å². The molecule has 0 saturated heterocycles. The summed E-state index contributed by atoms with van der Waals surface area (Å²) in [5.41, 5.74) is 5.73. The maximum absolute atomic E-state index is 10.7. The quantitative estimate of drug-likeness (QED) is 0.693. The predicted octanol–water partition coefficient (Wildman–Crippen LogP) is 4.25. The van der Waals surface area contributed by atoms with Gasteiger partial charge in [-0.15, -0.1) is 0 Å². The Bertz CT molecular complexity index is 861. The Morgan fingerprint density at radius 1 is 1.20 bits per heavy atom. The fourth-order valence-corrected chi connectivity index (χ4v) is 2.83. The van der Waals surface area contributed by atoms with Crippen LogP contribution < -0.4 is 4.72 Å². The SMILES string of the molecule is CCc1cc(-c2ccc(C)cc2)n(-c2ccc(NS(=O)[O-])cc2)n1.[3H]C. The Kier molecular flexibility index (Phi) is 5.63. The second-order valence-electron chi connectivity index (χ2n) is 5.54. The highest BCUT2D eigenvalue weighted by molar-refractivity contribution is 7.80. The lowest BCUT2D eigenvalue weighted by atomic mass is 10.1. The normalized spacial score (nSPS) is 11.9. The molecule has 0 aliphatic rings. The molecule has 0 bridgehead atoms. The minimum Gasteiger partial charge on any atom is -0.755 e. The molecule has 1 N–H and O–H groups in total. The largest absolute Gasteiger partial charge is 0.755 e. The molecular formula is C19H22N3O2S-. The summed E-state index contributed by atoms with van der Waals surface area (Å²) >= 11 is -2.32. The van der Waals surface area contributed by atoms with E-state index in [9.17, 15) is 8.76 Å². The molecule has 3 aromatic rings. The van der Waals surface area contributed by atoms with Crippen LogP contribution in [0.15, 0.2) is 54.6 Å². The molecule has 2 aromatic carbocycles. The van der Waals surface area contributed by atoms with Gasteiger partial charge in [-0.25, -0.2) is 4.68 Å². The fraction of sp³-hybridized carbons (Fsp3) is 0.211. The Morgan fingerprint density at radius 2 is 1.84 bits per heavy atom. The zero-order valence-electron chi connectivity index (χ0n) is 15.5. The molecule has 1 unspecified atom stereocenters. The van der Waals surface area contributed by atoms with Crippen molar-refractivity contribution in [2.45, 2.75) is 27.7 Å². The average molecular weight is 358 g/mol. The van der Waals surface area contributed by atoms with E-state index in [-0.39, 0.29) is 0 Å². The molecule has 5 nitrogen and oxygen atoms in total. The van der Waals surface area contributed by atoms with Crippen molar-refractivity contribution in [1.82, 2.24) is 9.78 Å². The second kappa shape index (κ2) is 8.09. The predicted molar refractivity (Wildman–Crippen MR) is 102 cm³/mol. The van der Waals surface area contributed by atoms with Gasteiger partial charge in [0.2, 0.25) is 0 Å². The maximum Gasteiger partial charge on any atom is 0.0743 e. The number of benzene rings is 2. The number of aryl methyl sites for hydroxylation is 2. The number of rotatable bonds is 5. The summed E-state index contributed by atoms with van der Waals surface area (Å²) in [4.78, 5) is 0. The van der Waals surface area contributed by atoms with Crippen LogP contribution in [0.2, 0.25) is 0 Å². The van der Waals surface area contributed by atoms with Crippen LogP contribution in [-0.2, 0) is 17.7 Å². The van der Waals surface area contributed by atoms with E-state index >= 15 is 0 Å². The van der Waals surface area contributed by atoms with Gasteiger partial charge in [0.05, 0.1) is 17.1 Å². The van der Waals surface area contributed by atoms with E-state index in [1.54, 1.807) is 12.1 Å². The van der Waals surface area contributed by atoms with Crippen LogP contribution in [-0.4, -0.2) is 18.5 Å². The van der Waals surface area contributed by atoms with Crippen LogP contribution in [0.1, 0.15) is 27.0 Å². The van der Waals surface area contributed by atoms with E-state index < -0.39 is 11.3 Å². The van der Waals surface area contributed by atoms with Crippen molar-refractivity contribution >= 4 is 17.0 Å². The standard InChI is InChI=1S/C18H19N3O2S.CH4/c1-3-15-12-18(14-6-4-13(2)5-7-14)21(19-15)17-10-8-16(9-11-17)20-24(22)23;/h4-12,20H,3H2,1-2H3,(H,22,23);1H4/p-1/i;1T. The zero-order chi connectivity index (χ0) is 19.1. The van der Waals surface area contributed by atoms with Gasteiger partial charge in [0.1, 0.15) is 0 Å². The maximum atomic E-state index is 10.7. The molecule has 6 heteroatoms. The second-order valence-corrected chi connectivity index (χ2v) is 6.21. The molecule has 3 rings (SSSR count). The number of nitrogens with zero attached hydrogens (tertiary/aromatic N) is 2. The highest BCUT2D eigenvalue weighted by atomic mass is 32.2. The van der Waals surface area contributed by atoms with Crippen LogP contribution in [0.5, 0.6) is 0 Å². The van der Waals surface area contributed by atoms with E-state index in [4.69, 9.17) is 1.37 Å². The summed E-state index contributed by atoms with van der Waals surface area (Å²) < 4.78 is 31.4. The molecular weight excluding hydrogens is 334 g/mol. The fourth-order valence-electron chi connectivity index (χ4n) is 2.50. The number of hydrogen-bond donors (Lipinski definition) is 1. The van der Waals surface area contributed by atoms with E-state index in [0.29, 0.717) is 5.69 Å². The van der Waals surface area contributed by atoms with Crippen molar-refractivity contribution in [1.29, 1.82) is 0 Å². The molecule has 0 radical (unpaired) electrons. The third-order valence-corrected chi connectivity index (χ3v) is 4.18. The number of nitrogens with one attached hydrogen (secondary N) is 1. The van der Waals surface area contributed by atoms with Crippen molar-refractivity contribution < 1.29 is 10.1 Å². The molecule has 1 atom stereocenters. The Balaban J connectivity index is 0.00000117. The summed E-state index contributed by atoms with van der Waals surface area (Å²) in [6.07, 6.45) is 0.848. The third-order valence-electron chi connectivity index (χ3n) is 3.78. The van der Waals surface area contributed by atoms with Gasteiger partial charge < -0.3 is 9.27 Å². The lowest BCUT2D eigenvalue weighted by molar-refractivity contribution is 0.542. The first-order valence-corrected chi connectivity index (χ1v) is 8.76. The van der Waals surface area contributed by atoms with E-state index in [2.05, 4.69) is 54.0 Å². The van der Waals surface area contributed by atoms with Crippen molar-refractivity contribution in [3.8, 4) is 16.9 Å². The van der Waals surface area contributed by atoms with E-state index in [1.165, 1.54) is 13.0 Å². The first-order chi connectivity index (χ1) is 12.6. The van der Waals surface area contributed by atoms with Crippen LogP contribution in [0, 0.1) is 6.92 Å². The van der Waals surface area contributed by atoms with E-state index in [0.717, 1.165) is 29.1 Å². The van der Waals surface area contributed by atoms with Gasteiger partial charge in [0.25, 0.3) is 0 Å². The molecule has 1 heterocycles. The van der Waals surface area contributed by atoms with Gasteiger partial charge in [0, 0.05) is 23.9 Å².